The summed E-state index contributed by atoms with van der Waals surface area (Å²) in [4.78, 5) is 1.46. The highest BCUT2D eigenvalue weighted by Gasteiger charge is 2.06. The highest BCUT2D eigenvalue weighted by Crippen LogP contribution is 2.04. The van der Waals surface area contributed by atoms with Gasteiger partial charge >= 0.3 is 0 Å². The van der Waals surface area contributed by atoms with E-state index < -0.39 is 0 Å². The van der Waals surface area contributed by atoms with Gasteiger partial charge in [0.2, 0.25) is 0 Å². The van der Waals surface area contributed by atoms with Crippen molar-refractivity contribution in [2.45, 2.75) is 6.42 Å². The molecule has 7 heavy (non-hydrogen) atoms. The van der Waals surface area contributed by atoms with Gasteiger partial charge in [0.25, 0.3) is 7.98 Å². The van der Waals surface area contributed by atoms with Crippen LogP contribution in [0.1, 0.15) is 6.42 Å². The summed E-state index contributed by atoms with van der Waals surface area (Å²) >= 11 is 0. The Balaban J connectivity index is 2.48. The van der Waals surface area contributed by atoms with Crippen molar-refractivity contribution < 1.29 is 0 Å². The maximum atomic E-state index is 5.30. The van der Waals surface area contributed by atoms with E-state index in [0.29, 0.717) is 0 Å². The number of nitrogens with zero attached hydrogens (tertiary/aromatic N) is 1. The monoisotopic (exact) mass is 94.1 g/mol. The maximum Gasteiger partial charge on any atom is 0.253 e. The standard InChI is InChI=1S/C4H7BN2/c1-4-2-3-6-7(4)5/h6H,1-3H2. The molecule has 0 aliphatic carbocycles. The third-order valence-electron chi connectivity index (χ3n) is 1.04. The molecular weight excluding hydrogens is 86.9 g/mol. The van der Waals surface area contributed by atoms with Gasteiger partial charge in [0.05, 0.1) is 0 Å². The summed E-state index contributed by atoms with van der Waals surface area (Å²) in [5.41, 5.74) is 3.84. The van der Waals surface area contributed by atoms with Crippen LogP contribution in [0.25, 0.3) is 0 Å². The molecule has 1 aliphatic heterocycles. The Morgan fingerprint density at radius 1 is 1.86 bits per heavy atom. The molecule has 1 saturated heterocycles. The molecule has 1 N–H and O–H groups in total. The molecule has 0 spiro atoms. The Labute approximate surface area is 44.6 Å². The van der Waals surface area contributed by atoms with E-state index in [-0.39, 0.29) is 0 Å². The first-order valence-corrected chi connectivity index (χ1v) is 2.27. The molecule has 0 saturated carbocycles. The van der Waals surface area contributed by atoms with Gasteiger partial charge in [-0.2, -0.15) is 0 Å². The molecule has 0 amide bonds. The van der Waals surface area contributed by atoms with E-state index in [4.69, 9.17) is 7.98 Å². The van der Waals surface area contributed by atoms with Crippen molar-refractivity contribution in [3.05, 3.63) is 12.3 Å². The predicted molar refractivity (Wildman–Crippen MR) is 29.4 cm³/mol. The number of hydrazine groups is 1. The lowest BCUT2D eigenvalue weighted by Crippen LogP contribution is -2.25. The second-order valence-corrected chi connectivity index (χ2v) is 1.59. The molecule has 0 aromatic carbocycles. The van der Waals surface area contributed by atoms with Gasteiger partial charge in [0, 0.05) is 18.7 Å². The van der Waals surface area contributed by atoms with Crippen LogP contribution in [-0.2, 0) is 0 Å². The molecule has 0 aromatic rings. The van der Waals surface area contributed by atoms with Gasteiger partial charge in [-0.15, -0.1) is 0 Å². The summed E-state index contributed by atoms with van der Waals surface area (Å²) in [6.07, 6.45) is 0.969. The van der Waals surface area contributed by atoms with Gasteiger partial charge in [-0.1, -0.05) is 6.58 Å². The van der Waals surface area contributed by atoms with E-state index in [1.807, 2.05) is 0 Å². The van der Waals surface area contributed by atoms with Crippen molar-refractivity contribution in [2.24, 2.45) is 0 Å². The fourth-order valence-corrected chi connectivity index (χ4v) is 0.553. The summed E-state index contributed by atoms with van der Waals surface area (Å²) in [5.74, 6) is 0. The SMILES string of the molecule is [B]N1NCCC1=C. The zero-order valence-electron chi connectivity index (χ0n) is 4.15. The molecule has 1 rings (SSSR count). The van der Waals surface area contributed by atoms with E-state index >= 15 is 0 Å². The lowest BCUT2D eigenvalue weighted by Gasteiger charge is -2.10. The van der Waals surface area contributed by atoms with Crippen molar-refractivity contribution >= 4 is 7.98 Å². The number of hydrogen-bond donors (Lipinski definition) is 1. The fourth-order valence-electron chi connectivity index (χ4n) is 0.553. The van der Waals surface area contributed by atoms with Crippen LogP contribution < -0.4 is 5.43 Å². The molecule has 0 bridgehead atoms. The third-order valence-corrected chi connectivity index (χ3v) is 1.04. The minimum atomic E-state index is 0.926. The zero-order valence-corrected chi connectivity index (χ0v) is 4.15. The lowest BCUT2D eigenvalue weighted by molar-refractivity contribution is 0.492. The van der Waals surface area contributed by atoms with Gasteiger partial charge in [0.1, 0.15) is 0 Å². The fraction of sp³-hybridized carbons (Fsp3) is 0.500. The topological polar surface area (TPSA) is 15.3 Å². The smallest absolute Gasteiger partial charge is 0.253 e. The first-order valence-electron chi connectivity index (χ1n) is 2.27. The number of rotatable bonds is 0. The van der Waals surface area contributed by atoms with Crippen LogP contribution in [0, 0.1) is 0 Å². The molecule has 0 aromatic heterocycles. The quantitative estimate of drug-likeness (QED) is 0.418. The average molecular weight is 93.9 g/mol. The summed E-state index contributed by atoms with van der Waals surface area (Å²) < 4.78 is 0. The summed E-state index contributed by atoms with van der Waals surface area (Å²) in [6.45, 7) is 4.60. The summed E-state index contributed by atoms with van der Waals surface area (Å²) in [5, 5.41) is 0. The predicted octanol–water partition coefficient (Wildman–Crippen LogP) is -0.206. The normalized spacial score (nSPS) is 21.1. The van der Waals surface area contributed by atoms with E-state index in [2.05, 4.69) is 12.0 Å². The average Bonchev–Trinajstić information content (AvgIpc) is 1.91. The van der Waals surface area contributed by atoms with E-state index in [0.717, 1.165) is 18.7 Å². The Morgan fingerprint density at radius 2 is 2.57 bits per heavy atom. The first-order chi connectivity index (χ1) is 3.30. The molecule has 0 atom stereocenters. The minimum Gasteiger partial charge on any atom is -0.370 e. The van der Waals surface area contributed by atoms with E-state index in [9.17, 15) is 0 Å². The van der Waals surface area contributed by atoms with Gasteiger partial charge in [-0.05, 0) is 0 Å². The largest absolute Gasteiger partial charge is 0.370 e. The molecule has 1 aliphatic rings. The molecule has 3 heteroatoms. The lowest BCUT2D eigenvalue weighted by atomic mass is 10.3. The minimum absolute atomic E-state index is 0.926. The molecule has 0 unspecified atom stereocenters. The Hall–Kier alpha value is -0.435. The highest BCUT2D eigenvalue weighted by atomic mass is 15.5. The van der Waals surface area contributed by atoms with Crippen molar-refractivity contribution in [2.75, 3.05) is 6.54 Å². The van der Waals surface area contributed by atoms with Crippen molar-refractivity contribution in [3.8, 4) is 0 Å². The second-order valence-electron chi connectivity index (χ2n) is 1.59. The number of nitrogens with one attached hydrogen (secondary N) is 1. The second kappa shape index (κ2) is 1.58. The zero-order chi connectivity index (χ0) is 5.28. The third kappa shape index (κ3) is 0.773. The van der Waals surface area contributed by atoms with Crippen LogP contribution in [0.15, 0.2) is 12.3 Å². The van der Waals surface area contributed by atoms with Gasteiger partial charge in [0.15, 0.2) is 0 Å². The van der Waals surface area contributed by atoms with Crippen LogP contribution in [0.2, 0.25) is 0 Å². The molecular formula is C4H7BN2. The number of hydrogen-bond acceptors (Lipinski definition) is 2. The summed E-state index contributed by atoms with van der Waals surface area (Å²) in [6, 6.07) is 0. The van der Waals surface area contributed by atoms with Crippen molar-refractivity contribution in [3.63, 3.8) is 0 Å². The van der Waals surface area contributed by atoms with Crippen LogP contribution in [0.4, 0.5) is 0 Å². The molecule has 2 nitrogen and oxygen atoms in total. The summed E-state index contributed by atoms with van der Waals surface area (Å²) in [7, 11) is 5.30. The van der Waals surface area contributed by atoms with Gasteiger partial charge in [-0.3, -0.25) is 0 Å². The van der Waals surface area contributed by atoms with Crippen molar-refractivity contribution in [1.29, 1.82) is 0 Å². The molecule has 1 heterocycles. The molecule has 2 radical (unpaired) electrons. The molecule has 36 valence electrons. The van der Waals surface area contributed by atoms with Crippen LogP contribution in [-0.4, -0.2) is 19.4 Å². The Kier molecular flexibility index (Phi) is 1.07. The van der Waals surface area contributed by atoms with Crippen LogP contribution in [0.3, 0.4) is 0 Å². The molecule has 1 fully saturated rings. The van der Waals surface area contributed by atoms with Crippen LogP contribution >= 0.6 is 0 Å². The highest BCUT2D eigenvalue weighted by molar-refractivity contribution is 6.05. The maximum absolute atomic E-state index is 5.30. The van der Waals surface area contributed by atoms with Crippen LogP contribution in [0.5, 0.6) is 0 Å². The van der Waals surface area contributed by atoms with E-state index in [1.165, 1.54) is 4.92 Å². The van der Waals surface area contributed by atoms with Crippen molar-refractivity contribution in [1.82, 2.24) is 10.3 Å². The Bertz CT molecular complexity index is 91.7. The Morgan fingerprint density at radius 3 is 2.71 bits per heavy atom. The van der Waals surface area contributed by atoms with E-state index in [1.54, 1.807) is 0 Å². The van der Waals surface area contributed by atoms with Gasteiger partial charge < -0.3 is 4.92 Å². The first kappa shape index (κ1) is 4.72. The van der Waals surface area contributed by atoms with Gasteiger partial charge in [-0.25, -0.2) is 5.43 Å².